The summed E-state index contributed by atoms with van der Waals surface area (Å²) in [5.41, 5.74) is 6.72. The third-order valence-electron chi connectivity index (χ3n) is 2.22. The van der Waals surface area contributed by atoms with Crippen molar-refractivity contribution in [1.82, 2.24) is 0 Å². The van der Waals surface area contributed by atoms with E-state index in [-0.39, 0.29) is 11.9 Å². The van der Waals surface area contributed by atoms with Crippen molar-refractivity contribution >= 4 is 11.8 Å². The van der Waals surface area contributed by atoms with E-state index in [1.807, 2.05) is 13.0 Å². The van der Waals surface area contributed by atoms with Crippen LogP contribution in [-0.2, 0) is 0 Å². The summed E-state index contributed by atoms with van der Waals surface area (Å²) < 4.78 is 13.0. The maximum atomic E-state index is 13.0. The highest BCUT2D eigenvalue weighted by atomic mass is 32.2. The molecule has 3 heteroatoms. The van der Waals surface area contributed by atoms with Crippen LogP contribution in [-0.4, -0.2) is 5.75 Å². The number of hydrogen-bond donors (Lipinski definition) is 1. The van der Waals surface area contributed by atoms with Gasteiger partial charge in [-0.2, -0.15) is 0 Å². The first-order valence-electron chi connectivity index (χ1n) is 5.33. The van der Waals surface area contributed by atoms with Gasteiger partial charge < -0.3 is 5.73 Å². The zero-order valence-electron chi connectivity index (χ0n) is 9.29. The molecule has 0 saturated heterocycles. The molecule has 0 aliphatic heterocycles. The Morgan fingerprint density at radius 3 is 2.80 bits per heavy atom. The summed E-state index contributed by atoms with van der Waals surface area (Å²) >= 11 is 1.76. The van der Waals surface area contributed by atoms with E-state index in [0.29, 0.717) is 0 Å². The predicted molar refractivity (Wildman–Crippen MR) is 64.6 cm³/mol. The lowest BCUT2D eigenvalue weighted by molar-refractivity contribution is 0.619. The van der Waals surface area contributed by atoms with Crippen LogP contribution in [0.3, 0.4) is 0 Å². The van der Waals surface area contributed by atoms with Crippen molar-refractivity contribution < 1.29 is 4.39 Å². The van der Waals surface area contributed by atoms with Gasteiger partial charge in [0.05, 0.1) is 0 Å². The van der Waals surface area contributed by atoms with E-state index in [2.05, 4.69) is 6.92 Å². The second-order valence-corrected chi connectivity index (χ2v) is 4.81. The molecule has 0 aromatic heterocycles. The number of halogens is 1. The standard InChI is InChI=1S/C12H18FNS/c1-3-4-7-15-12-6-5-10(13)8-11(12)9(2)14/h5-6,8-9H,3-4,7,14H2,1-2H3/t9-/m0/s1. The summed E-state index contributed by atoms with van der Waals surface area (Å²) in [7, 11) is 0. The molecule has 1 aromatic rings. The lowest BCUT2D eigenvalue weighted by Crippen LogP contribution is -2.07. The van der Waals surface area contributed by atoms with Crippen molar-refractivity contribution in [3.8, 4) is 0 Å². The molecule has 0 amide bonds. The Kier molecular flexibility index (Phi) is 5.12. The minimum Gasteiger partial charge on any atom is -0.324 e. The second kappa shape index (κ2) is 6.13. The Bertz CT molecular complexity index is 312. The first-order valence-corrected chi connectivity index (χ1v) is 6.31. The smallest absolute Gasteiger partial charge is 0.123 e. The highest BCUT2D eigenvalue weighted by Crippen LogP contribution is 2.27. The summed E-state index contributed by atoms with van der Waals surface area (Å²) in [5.74, 6) is 0.865. The fraction of sp³-hybridized carbons (Fsp3) is 0.500. The van der Waals surface area contributed by atoms with E-state index in [9.17, 15) is 4.39 Å². The van der Waals surface area contributed by atoms with Crippen molar-refractivity contribution in [1.29, 1.82) is 0 Å². The molecule has 2 N–H and O–H groups in total. The lowest BCUT2D eigenvalue weighted by Gasteiger charge is -2.12. The van der Waals surface area contributed by atoms with Crippen LogP contribution >= 0.6 is 11.8 Å². The minimum absolute atomic E-state index is 0.107. The number of hydrogen-bond acceptors (Lipinski definition) is 2. The van der Waals surface area contributed by atoms with Crippen molar-refractivity contribution in [3.05, 3.63) is 29.6 Å². The zero-order chi connectivity index (χ0) is 11.3. The SMILES string of the molecule is CCCCSc1ccc(F)cc1[C@H](C)N. The topological polar surface area (TPSA) is 26.0 Å². The molecule has 0 unspecified atom stereocenters. The van der Waals surface area contributed by atoms with E-state index in [0.717, 1.165) is 16.2 Å². The number of benzene rings is 1. The molecule has 1 atom stereocenters. The third-order valence-corrected chi connectivity index (χ3v) is 3.39. The van der Waals surface area contributed by atoms with E-state index < -0.39 is 0 Å². The lowest BCUT2D eigenvalue weighted by atomic mass is 10.1. The van der Waals surface area contributed by atoms with Crippen molar-refractivity contribution in [3.63, 3.8) is 0 Å². The monoisotopic (exact) mass is 227 g/mol. The van der Waals surface area contributed by atoms with Gasteiger partial charge in [0.2, 0.25) is 0 Å². The van der Waals surface area contributed by atoms with Crippen molar-refractivity contribution in [2.24, 2.45) is 5.73 Å². The number of nitrogens with two attached hydrogens (primary N) is 1. The number of unbranched alkanes of at least 4 members (excludes halogenated alkanes) is 1. The van der Waals surface area contributed by atoms with Crippen LogP contribution in [0.15, 0.2) is 23.1 Å². The van der Waals surface area contributed by atoms with Crippen LogP contribution < -0.4 is 5.73 Å². The average Bonchev–Trinajstić information content (AvgIpc) is 2.20. The Labute approximate surface area is 95.2 Å². The molecule has 0 spiro atoms. The highest BCUT2D eigenvalue weighted by Gasteiger charge is 2.08. The second-order valence-electron chi connectivity index (χ2n) is 3.67. The first kappa shape index (κ1) is 12.5. The van der Waals surface area contributed by atoms with Gasteiger partial charge in [-0.3, -0.25) is 0 Å². The summed E-state index contributed by atoms with van der Waals surface area (Å²) in [6.07, 6.45) is 2.36. The van der Waals surface area contributed by atoms with E-state index >= 15 is 0 Å². The van der Waals surface area contributed by atoms with Gasteiger partial charge >= 0.3 is 0 Å². The molecular weight excluding hydrogens is 209 g/mol. The van der Waals surface area contributed by atoms with Gasteiger partial charge in [0.15, 0.2) is 0 Å². The molecule has 1 nitrogen and oxygen atoms in total. The van der Waals surface area contributed by atoms with E-state index in [1.54, 1.807) is 17.8 Å². The third kappa shape index (κ3) is 3.84. The summed E-state index contributed by atoms with van der Waals surface area (Å²) in [6.45, 7) is 4.05. The minimum atomic E-state index is -0.206. The fourth-order valence-corrected chi connectivity index (χ4v) is 2.56. The summed E-state index contributed by atoms with van der Waals surface area (Å²) in [6, 6.07) is 4.76. The van der Waals surface area contributed by atoms with Gasteiger partial charge in [-0.1, -0.05) is 13.3 Å². The summed E-state index contributed by atoms with van der Waals surface area (Å²) in [5, 5.41) is 0. The molecule has 0 radical (unpaired) electrons. The van der Waals surface area contributed by atoms with Crippen LogP contribution in [0.5, 0.6) is 0 Å². The Hall–Kier alpha value is -0.540. The molecule has 15 heavy (non-hydrogen) atoms. The Morgan fingerprint density at radius 1 is 1.47 bits per heavy atom. The molecular formula is C12H18FNS. The molecule has 0 saturated carbocycles. The van der Waals surface area contributed by atoms with Crippen LogP contribution in [0.1, 0.15) is 38.3 Å². The maximum absolute atomic E-state index is 13.0. The quantitative estimate of drug-likeness (QED) is 0.612. The summed E-state index contributed by atoms with van der Waals surface area (Å²) in [4.78, 5) is 1.11. The van der Waals surface area contributed by atoms with Crippen LogP contribution in [0.25, 0.3) is 0 Å². The highest BCUT2D eigenvalue weighted by molar-refractivity contribution is 7.99. The largest absolute Gasteiger partial charge is 0.324 e. The number of thioether (sulfide) groups is 1. The molecule has 84 valence electrons. The number of rotatable bonds is 5. The molecule has 0 heterocycles. The van der Waals surface area contributed by atoms with Gasteiger partial charge in [0, 0.05) is 10.9 Å². The zero-order valence-corrected chi connectivity index (χ0v) is 10.1. The van der Waals surface area contributed by atoms with Crippen LogP contribution in [0.2, 0.25) is 0 Å². The molecule has 1 aromatic carbocycles. The fourth-order valence-electron chi connectivity index (χ4n) is 1.33. The van der Waals surface area contributed by atoms with E-state index in [4.69, 9.17) is 5.73 Å². The van der Waals surface area contributed by atoms with Gasteiger partial charge in [-0.05, 0) is 42.9 Å². The Morgan fingerprint density at radius 2 is 2.20 bits per heavy atom. The van der Waals surface area contributed by atoms with Crippen LogP contribution in [0, 0.1) is 5.82 Å². The van der Waals surface area contributed by atoms with E-state index in [1.165, 1.54) is 18.9 Å². The first-order chi connectivity index (χ1) is 7.15. The predicted octanol–water partition coefficient (Wildman–Crippen LogP) is 3.74. The van der Waals surface area contributed by atoms with Crippen molar-refractivity contribution in [2.75, 3.05) is 5.75 Å². The molecule has 1 rings (SSSR count). The maximum Gasteiger partial charge on any atom is 0.123 e. The molecule has 0 fully saturated rings. The van der Waals surface area contributed by atoms with Gasteiger partial charge in [-0.25, -0.2) is 4.39 Å². The molecule has 0 aliphatic carbocycles. The van der Waals surface area contributed by atoms with Crippen molar-refractivity contribution in [2.45, 2.75) is 37.6 Å². The van der Waals surface area contributed by atoms with Gasteiger partial charge in [0.25, 0.3) is 0 Å². The average molecular weight is 227 g/mol. The normalized spacial score (nSPS) is 12.8. The van der Waals surface area contributed by atoms with Gasteiger partial charge in [0.1, 0.15) is 5.82 Å². The molecule has 0 aliphatic rings. The Balaban J connectivity index is 2.77. The molecule has 0 bridgehead atoms. The van der Waals surface area contributed by atoms with Gasteiger partial charge in [-0.15, -0.1) is 11.8 Å². The van der Waals surface area contributed by atoms with Crippen LogP contribution in [0.4, 0.5) is 4.39 Å².